The molecular formula is C17H19NO4. The highest BCUT2D eigenvalue weighted by atomic mass is 16.5. The summed E-state index contributed by atoms with van der Waals surface area (Å²) in [4.78, 5) is 12.0. The minimum atomic E-state index is -0.354. The number of phenolic OH excluding ortho intramolecular Hbond substituents is 1. The Bertz CT molecular complexity index is 655. The van der Waals surface area contributed by atoms with Crippen LogP contribution in [0.4, 0.5) is 0 Å². The summed E-state index contributed by atoms with van der Waals surface area (Å²) in [6.45, 7) is 2.69. The molecule has 0 fully saturated rings. The molecule has 0 atom stereocenters. The molecule has 116 valence electrons. The minimum Gasteiger partial charge on any atom is -0.507 e. The van der Waals surface area contributed by atoms with E-state index in [2.05, 4.69) is 5.32 Å². The first kappa shape index (κ1) is 15.7. The summed E-state index contributed by atoms with van der Waals surface area (Å²) in [5.41, 5.74) is 1.32. The highest BCUT2D eigenvalue weighted by Crippen LogP contribution is 2.23. The fraction of sp³-hybridized carbons (Fsp3) is 0.235. The predicted molar refractivity (Wildman–Crippen MR) is 83.7 cm³/mol. The van der Waals surface area contributed by atoms with Gasteiger partial charge < -0.3 is 19.9 Å². The molecule has 0 saturated heterocycles. The van der Waals surface area contributed by atoms with Crippen molar-refractivity contribution in [2.24, 2.45) is 0 Å². The molecule has 0 radical (unpaired) electrons. The van der Waals surface area contributed by atoms with Gasteiger partial charge in [-0.15, -0.1) is 0 Å². The van der Waals surface area contributed by atoms with Crippen LogP contribution in [-0.2, 0) is 0 Å². The number of benzene rings is 2. The molecule has 2 aromatic carbocycles. The normalized spacial score (nSPS) is 10.1. The van der Waals surface area contributed by atoms with Crippen LogP contribution in [0.1, 0.15) is 15.9 Å². The van der Waals surface area contributed by atoms with E-state index in [1.807, 2.05) is 31.2 Å². The second-order valence-electron chi connectivity index (χ2n) is 4.80. The van der Waals surface area contributed by atoms with Crippen LogP contribution in [0.3, 0.4) is 0 Å². The molecule has 0 heterocycles. The summed E-state index contributed by atoms with van der Waals surface area (Å²) in [5, 5.41) is 12.5. The molecule has 1 amide bonds. The van der Waals surface area contributed by atoms with Crippen molar-refractivity contribution in [3.05, 3.63) is 53.6 Å². The molecule has 2 rings (SSSR count). The van der Waals surface area contributed by atoms with E-state index in [0.29, 0.717) is 18.9 Å². The Morgan fingerprint density at radius 2 is 2.00 bits per heavy atom. The number of aryl methyl sites for hydroxylation is 1. The lowest BCUT2D eigenvalue weighted by Crippen LogP contribution is -2.28. The first-order valence-corrected chi connectivity index (χ1v) is 6.95. The van der Waals surface area contributed by atoms with Crippen LogP contribution in [0.2, 0.25) is 0 Å². The van der Waals surface area contributed by atoms with Crippen molar-refractivity contribution in [1.82, 2.24) is 5.32 Å². The first-order valence-electron chi connectivity index (χ1n) is 6.95. The summed E-state index contributed by atoms with van der Waals surface area (Å²) in [6, 6.07) is 12.2. The number of amides is 1. The summed E-state index contributed by atoms with van der Waals surface area (Å²) in [6.07, 6.45) is 0. The van der Waals surface area contributed by atoms with Gasteiger partial charge in [-0.3, -0.25) is 4.79 Å². The van der Waals surface area contributed by atoms with Crippen LogP contribution in [0.25, 0.3) is 0 Å². The molecule has 0 aliphatic rings. The number of rotatable bonds is 6. The van der Waals surface area contributed by atoms with E-state index >= 15 is 0 Å². The molecule has 2 aromatic rings. The molecule has 0 saturated carbocycles. The van der Waals surface area contributed by atoms with Crippen LogP contribution >= 0.6 is 0 Å². The molecule has 0 aliphatic heterocycles. The van der Waals surface area contributed by atoms with Crippen LogP contribution in [0, 0.1) is 6.92 Å². The van der Waals surface area contributed by atoms with Crippen molar-refractivity contribution in [2.45, 2.75) is 6.92 Å². The van der Waals surface area contributed by atoms with Gasteiger partial charge in [0.25, 0.3) is 5.91 Å². The molecule has 0 unspecified atom stereocenters. The highest BCUT2D eigenvalue weighted by Gasteiger charge is 2.11. The van der Waals surface area contributed by atoms with E-state index in [9.17, 15) is 9.90 Å². The van der Waals surface area contributed by atoms with Gasteiger partial charge in [0.15, 0.2) is 0 Å². The van der Waals surface area contributed by atoms with E-state index < -0.39 is 0 Å². The topological polar surface area (TPSA) is 67.8 Å². The highest BCUT2D eigenvalue weighted by molar-refractivity contribution is 5.96. The predicted octanol–water partition coefficient (Wildman–Crippen LogP) is 2.52. The maximum absolute atomic E-state index is 12.0. The molecule has 2 N–H and O–H groups in total. The van der Waals surface area contributed by atoms with Crippen molar-refractivity contribution in [1.29, 1.82) is 0 Å². The molecule has 0 spiro atoms. The maximum atomic E-state index is 12.0. The minimum absolute atomic E-state index is 0.114. The molecular weight excluding hydrogens is 282 g/mol. The number of phenols is 1. The standard InChI is InChI=1S/C17H19NO4/c1-12-4-3-5-14(10-12)22-9-8-18-17(20)15-7-6-13(21-2)11-16(15)19/h3-7,10-11,19H,8-9H2,1-2H3,(H,18,20). The number of hydrogen-bond donors (Lipinski definition) is 2. The molecule has 5 heteroatoms. The fourth-order valence-electron chi connectivity index (χ4n) is 1.96. The van der Waals surface area contributed by atoms with Crippen molar-refractivity contribution in [2.75, 3.05) is 20.3 Å². The zero-order chi connectivity index (χ0) is 15.9. The molecule has 22 heavy (non-hydrogen) atoms. The summed E-state index contributed by atoms with van der Waals surface area (Å²) in [7, 11) is 1.50. The lowest BCUT2D eigenvalue weighted by molar-refractivity contribution is 0.0944. The SMILES string of the molecule is COc1ccc(C(=O)NCCOc2cccc(C)c2)c(O)c1. The Labute approximate surface area is 129 Å². The average molecular weight is 301 g/mol. The van der Waals surface area contributed by atoms with E-state index in [1.54, 1.807) is 6.07 Å². The molecule has 0 aliphatic carbocycles. The average Bonchev–Trinajstić information content (AvgIpc) is 2.51. The van der Waals surface area contributed by atoms with Crippen molar-refractivity contribution in [3.63, 3.8) is 0 Å². The molecule has 0 aromatic heterocycles. The number of aromatic hydroxyl groups is 1. The number of carbonyl (C=O) groups excluding carboxylic acids is 1. The molecule has 5 nitrogen and oxygen atoms in total. The third kappa shape index (κ3) is 4.15. The van der Waals surface area contributed by atoms with E-state index in [-0.39, 0.29) is 17.2 Å². The Morgan fingerprint density at radius 1 is 1.18 bits per heavy atom. The van der Waals surface area contributed by atoms with Crippen LogP contribution in [-0.4, -0.2) is 31.3 Å². The van der Waals surface area contributed by atoms with Gasteiger partial charge in [-0.25, -0.2) is 0 Å². The summed E-state index contributed by atoms with van der Waals surface area (Å²) < 4.78 is 10.5. The van der Waals surface area contributed by atoms with Gasteiger partial charge in [0.05, 0.1) is 19.2 Å². The third-order valence-corrected chi connectivity index (χ3v) is 3.10. The Balaban J connectivity index is 1.83. The monoisotopic (exact) mass is 301 g/mol. The first-order chi connectivity index (χ1) is 10.6. The van der Waals surface area contributed by atoms with Gasteiger partial charge in [0, 0.05) is 6.07 Å². The lowest BCUT2D eigenvalue weighted by atomic mass is 10.2. The quantitative estimate of drug-likeness (QED) is 0.805. The second-order valence-corrected chi connectivity index (χ2v) is 4.80. The van der Waals surface area contributed by atoms with Gasteiger partial charge in [0.1, 0.15) is 23.9 Å². The van der Waals surface area contributed by atoms with Crippen LogP contribution < -0.4 is 14.8 Å². The molecule has 0 bridgehead atoms. The van der Waals surface area contributed by atoms with E-state index in [1.165, 1.54) is 19.2 Å². The van der Waals surface area contributed by atoms with Gasteiger partial charge >= 0.3 is 0 Å². The third-order valence-electron chi connectivity index (χ3n) is 3.10. The van der Waals surface area contributed by atoms with Gasteiger partial charge in [-0.2, -0.15) is 0 Å². The van der Waals surface area contributed by atoms with Gasteiger partial charge in [-0.1, -0.05) is 12.1 Å². The number of nitrogens with one attached hydrogen (secondary N) is 1. The van der Waals surface area contributed by atoms with Crippen molar-refractivity contribution in [3.8, 4) is 17.2 Å². The number of hydrogen-bond acceptors (Lipinski definition) is 4. The van der Waals surface area contributed by atoms with E-state index in [0.717, 1.165) is 11.3 Å². The summed E-state index contributed by atoms with van der Waals surface area (Å²) in [5.74, 6) is 0.794. The lowest BCUT2D eigenvalue weighted by Gasteiger charge is -2.09. The Hall–Kier alpha value is -2.69. The number of ether oxygens (including phenoxy) is 2. The van der Waals surface area contributed by atoms with Crippen LogP contribution in [0.15, 0.2) is 42.5 Å². The Kier molecular flexibility index (Phi) is 5.25. The van der Waals surface area contributed by atoms with Gasteiger partial charge in [0.2, 0.25) is 0 Å². The number of methoxy groups -OCH3 is 1. The second kappa shape index (κ2) is 7.36. The fourth-order valence-corrected chi connectivity index (χ4v) is 1.96. The number of carbonyl (C=O) groups is 1. The largest absolute Gasteiger partial charge is 0.507 e. The summed E-state index contributed by atoms with van der Waals surface area (Å²) >= 11 is 0. The zero-order valence-electron chi connectivity index (χ0n) is 12.6. The van der Waals surface area contributed by atoms with Crippen molar-refractivity contribution >= 4 is 5.91 Å². The zero-order valence-corrected chi connectivity index (χ0v) is 12.6. The maximum Gasteiger partial charge on any atom is 0.255 e. The van der Waals surface area contributed by atoms with Gasteiger partial charge in [-0.05, 0) is 36.8 Å². The van der Waals surface area contributed by atoms with Crippen molar-refractivity contribution < 1.29 is 19.4 Å². The van der Waals surface area contributed by atoms with E-state index in [4.69, 9.17) is 9.47 Å². The van der Waals surface area contributed by atoms with Crippen LogP contribution in [0.5, 0.6) is 17.2 Å². The Morgan fingerprint density at radius 3 is 2.68 bits per heavy atom. The smallest absolute Gasteiger partial charge is 0.255 e.